The Bertz CT molecular complexity index is 1070. The van der Waals surface area contributed by atoms with Crippen LogP contribution in [0.25, 0.3) is 22.4 Å². The molecule has 0 fully saturated rings. The molecule has 0 unspecified atom stereocenters. The fourth-order valence-electron chi connectivity index (χ4n) is 2.73. The molecule has 2 heterocycles. The summed E-state index contributed by atoms with van der Waals surface area (Å²) in [6, 6.07) is 17.5. The second kappa shape index (κ2) is 7.13. The lowest BCUT2D eigenvalue weighted by Gasteiger charge is -2.05. The van der Waals surface area contributed by atoms with Crippen molar-refractivity contribution in [1.82, 2.24) is 20.0 Å². The molecule has 1 N–H and O–H groups in total. The smallest absolute Gasteiger partial charge is 0.258 e. The van der Waals surface area contributed by atoms with Crippen LogP contribution in [-0.4, -0.2) is 20.6 Å². The van der Waals surface area contributed by atoms with Gasteiger partial charge in [0.15, 0.2) is 5.82 Å². The maximum absolute atomic E-state index is 12.2. The van der Waals surface area contributed by atoms with Crippen LogP contribution < -0.4 is 5.32 Å². The van der Waals surface area contributed by atoms with E-state index in [2.05, 4.69) is 31.4 Å². The number of hydrogen-bond donors (Lipinski definition) is 1. The third-order valence-electron chi connectivity index (χ3n) is 3.98. The summed E-state index contributed by atoms with van der Waals surface area (Å²) in [5.74, 6) is 0.748. The van der Waals surface area contributed by atoms with E-state index in [0.29, 0.717) is 11.7 Å². The Morgan fingerprint density at radius 1 is 1.15 bits per heavy atom. The minimum absolute atomic E-state index is 0.111. The van der Waals surface area contributed by atoms with Gasteiger partial charge in [-0.05, 0) is 35.7 Å². The van der Waals surface area contributed by atoms with Crippen molar-refractivity contribution < 1.29 is 9.32 Å². The average molecular weight is 411 g/mol. The molecule has 2 aromatic carbocycles. The maximum atomic E-state index is 12.2. The number of carbonyl (C=O) groups excluding carboxylic acids is 1. The summed E-state index contributed by atoms with van der Waals surface area (Å²) < 4.78 is 8.11. The first-order chi connectivity index (χ1) is 12.7. The topological polar surface area (TPSA) is 73.0 Å². The molecule has 7 heteroatoms. The summed E-state index contributed by atoms with van der Waals surface area (Å²) in [6.07, 6.45) is 1.91. The van der Waals surface area contributed by atoms with Crippen LogP contribution >= 0.6 is 15.9 Å². The zero-order chi connectivity index (χ0) is 17.9. The van der Waals surface area contributed by atoms with Gasteiger partial charge in [-0.3, -0.25) is 4.79 Å². The molecule has 2 aromatic heterocycles. The molecule has 0 spiro atoms. The lowest BCUT2D eigenvalue weighted by molar-refractivity contribution is -0.121. The van der Waals surface area contributed by atoms with Gasteiger partial charge >= 0.3 is 0 Å². The summed E-state index contributed by atoms with van der Waals surface area (Å²) >= 11 is 3.41. The number of rotatable bonds is 5. The molecule has 26 heavy (non-hydrogen) atoms. The van der Waals surface area contributed by atoms with E-state index in [1.807, 2.05) is 65.4 Å². The second-order valence-corrected chi connectivity index (χ2v) is 6.72. The lowest BCUT2D eigenvalue weighted by Crippen LogP contribution is -2.27. The highest BCUT2D eigenvalue weighted by Crippen LogP contribution is 2.21. The van der Waals surface area contributed by atoms with Crippen LogP contribution in [0.3, 0.4) is 0 Å². The Balaban J connectivity index is 1.39. The highest BCUT2D eigenvalue weighted by molar-refractivity contribution is 9.10. The molecule has 1 amide bonds. The molecular weight excluding hydrogens is 396 g/mol. The van der Waals surface area contributed by atoms with Crippen LogP contribution in [0.2, 0.25) is 0 Å². The molecule has 130 valence electrons. The van der Waals surface area contributed by atoms with E-state index in [1.54, 1.807) is 0 Å². The van der Waals surface area contributed by atoms with Gasteiger partial charge in [-0.25, -0.2) is 0 Å². The van der Waals surface area contributed by atoms with Crippen molar-refractivity contribution in [3.63, 3.8) is 0 Å². The van der Waals surface area contributed by atoms with Gasteiger partial charge in [0.2, 0.25) is 5.91 Å². The predicted molar refractivity (Wildman–Crippen MR) is 101 cm³/mol. The van der Waals surface area contributed by atoms with Crippen molar-refractivity contribution in [2.24, 2.45) is 0 Å². The Morgan fingerprint density at radius 3 is 2.92 bits per heavy atom. The number of aromatic nitrogens is 3. The van der Waals surface area contributed by atoms with E-state index in [0.717, 1.165) is 20.9 Å². The third-order valence-corrected chi connectivity index (χ3v) is 4.47. The molecule has 0 radical (unpaired) electrons. The SMILES string of the molecule is O=C(Cn1ccc2ccccc21)NCc1noc(-c2cccc(Br)c2)n1. The second-order valence-electron chi connectivity index (χ2n) is 5.81. The summed E-state index contributed by atoms with van der Waals surface area (Å²) in [7, 11) is 0. The number of benzene rings is 2. The highest BCUT2D eigenvalue weighted by Gasteiger charge is 2.11. The van der Waals surface area contributed by atoms with Crippen molar-refractivity contribution in [2.45, 2.75) is 13.1 Å². The third kappa shape index (κ3) is 3.52. The molecule has 0 aliphatic carbocycles. The molecule has 0 atom stereocenters. The van der Waals surface area contributed by atoms with Gasteiger partial charge < -0.3 is 14.4 Å². The van der Waals surface area contributed by atoms with E-state index in [1.165, 1.54) is 0 Å². The first-order valence-corrected chi connectivity index (χ1v) is 8.87. The Morgan fingerprint density at radius 2 is 2.04 bits per heavy atom. The number of amides is 1. The number of nitrogens with one attached hydrogen (secondary N) is 1. The lowest BCUT2D eigenvalue weighted by atomic mass is 10.2. The van der Waals surface area contributed by atoms with Crippen molar-refractivity contribution in [3.05, 3.63) is 71.1 Å². The van der Waals surface area contributed by atoms with Gasteiger partial charge in [0, 0.05) is 21.7 Å². The molecule has 0 aliphatic heterocycles. The van der Waals surface area contributed by atoms with Gasteiger partial charge in [0.05, 0.1) is 6.54 Å². The van der Waals surface area contributed by atoms with Crippen molar-refractivity contribution in [2.75, 3.05) is 0 Å². The van der Waals surface area contributed by atoms with Crippen molar-refractivity contribution in [3.8, 4) is 11.5 Å². The first kappa shape index (κ1) is 16.5. The van der Waals surface area contributed by atoms with Gasteiger partial charge in [-0.1, -0.05) is 45.4 Å². The summed E-state index contributed by atoms with van der Waals surface area (Å²) in [4.78, 5) is 16.5. The predicted octanol–water partition coefficient (Wildman–Crippen LogP) is 3.77. The van der Waals surface area contributed by atoms with Gasteiger partial charge in [-0.15, -0.1) is 0 Å². The van der Waals surface area contributed by atoms with Crippen LogP contribution in [0.15, 0.2) is 69.8 Å². The van der Waals surface area contributed by atoms with E-state index in [9.17, 15) is 4.79 Å². The molecule has 4 rings (SSSR count). The molecule has 4 aromatic rings. The van der Waals surface area contributed by atoms with Crippen LogP contribution in [0.5, 0.6) is 0 Å². The molecule has 0 aliphatic rings. The summed E-state index contributed by atoms with van der Waals surface area (Å²) in [5, 5.41) is 7.85. The summed E-state index contributed by atoms with van der Waals surface area (Å²) in [6.45, 7) is 0.458. The fourth-order valence-corrected chi connectivity index (χ4v) is 3.13. The molecule has 0 saturated heterocycles. The van der Waals surface area contributed by atoms with Gasteiger partial charge in [0.25, 0.3) is 5.89 Å². The van der Waals surface area contributed by atoms with Crippen LogP contribution in [0, 0.1) is 0 Å². The number of para-hydroxylation sites is 1. The number of carbonyl (C=O) groups is 1. The normalized spacial score (nSPS) is 11.0. The standard InChI is InChI=1S/C19H15BrN4O2/c20-15-6-3-5-14(10-15)19-22-17(23-26-19)11-21-18(25)12-24-9-8-13-4-1-2-7-16(13)24/h1-10H,11-12H2,(H,21,25). The zero-order valence-electron chi connectivity index (χ0n) is 13.7. The quantitative estimate of drug-likeness (QED) is 0.543. The van der Waals surface area contributed by atoms with Crippen molar-refractivity contribution in [1.29, 1.82) is 0 Å². The average Bonchev–Trinajstić information content (AvgIpc) is 3.28. The fraction of sp³-hybridized carbons (Fsp3) is 0.105. The number of hydrogen-bond acceptors (Lipinski definition) is 4. The highest BCUT2D eigenvalue weighted by atomic mass is 79.9. The van der Waals surface area contributed by atoms with Crippen LogP contribution in [0.4, 0.5) is 0 Å². The Hall–Kier alpha value is -2.93. The maximum Gasteiger partial charge on any atom is 0.258 e. The van der Waals surface area contributed by atoms with Gasteiger partial charge in [0.1, 0.15) is 6.54 Å². The molecule has 0 bridgehead atoms. The number of nitrogens with zero attached hydrogens (tertiary/aromatic N) is 3. The molecule has 6 nitrogen and oxygen atoms in total. The molecular formula is C19H15BrN4O2. The van der Waals surface area contributed by atoms with E-state index >= 15 is 0 Å². The minimum atomic E-state index is -0.111. The van der Waals surface area contributed by atoms with Crippen molar-refractivity contribution >= 4 is 32.7 Å². The van der Waals surface area contributed by atoms with Gasteiger partial charge in [-0.2, -0.15) is 4.98 Å². The summed E-state index contributed by atoms with van der Waals surface area (Å²) in [5.41, 5.74) is 1.85. The number of fused-ring (bicyclic) bond motifs is 1. The largest absolute Gasteiger partial charge is 0.347 e. The Labute approximate surface area is 158 Å². The van der Waals surface area contributed by atoms with Crippen LogP contribution in [-0.2, 0) is 17.9 Å². The first-order valence-electron chi connectivity index (χ1n) is 8.08. The van der Waals surface area contributed by atoms with Crippen LogP contribution in [0.1, 0.15) is 5.82 Å². The molecule has 0 saturated carbocycles. The minimum Gasteiger partial charge on any atom is -0.347 e. The monoisotopic (exact) mass is 410 g/mol. The van der Waals surface area contributed by atoms with E-state index in [-0.39, 0.29) is 19.0 Å². The Kier molecular flexibility index (Phi) is 4.53. The van der Waals surface area contributed by atoms with E-state index < -0.39 is 0 Å². The zero-order valence-corrected chi connectivity index (χ0v) is 15.3. The number of halogens is 1. The van der Waals surface area contributed by atoms with E-state index in [4.69, 9.17) is 4.52 Å².